The summed E-state index contributed by atoms with van der Waals surface area (Å²) in [4.78, 5) is 8.29. The number of fused-ring (bicyclic) bond motifs is 1. The number of nitrogens with zero attached hydrogens (tertiary/aromatic N) is 4. The van der Waals surface area contributed by atoms with Crippen molar-refractivity contribution in [3.63, 3.8) is 0 Å². The van der Waals surface area contributed by atoms with Gasteiger partial charge in [0.15, 0.2) is 0 Å². The maximum absolute atomic E-state index is 10.8. The van der Waals surface area contributed by atoms with E-state index in [0.29, 0.717) is 15.8 Å². The fourth-order valence-electron chi connectivity index (χ4n) is 3.63. The monoisotopic (exact) mass is 392 g/mol. The number of aromatic nitrogens is 3. The van der Waals surface area contributed by atoms with E-state index in [1.54, 1.807) is 0 Å². The summed E-state index contributed by atoms with van der Waals surface area (Å²) in [5, 5.41) is 15.8. The zero-order valence-corrected chi connectivity index (χ0v) is 16.5. The van der Waals surface area contributed by atoms with Gasteiger partial charge < -0.3 is 9.84 Å². The molecule has 0 amide bonds. The summed E-state index contributed by atoms with van der Waals surface area (Å²) in [7, 11) is 0. The van der Waals surface area contributed by atoms with E-state index in [1.807, 2.05) is 31.2 Å². The molecule has 3 atom stereocenters. The number of ether oxygens (including phenoxy) is 1. The highest BCUT2D eigenvalue weighted by Crippen LogP contribution is 2.41. The lowest BCUT2D eigenvalue weighted by atomic mass is 10.0. The highest BCUT2D eigenvalue weighted by molar-refractivity contribution is 7.17. The molecule has 6 nitrogen and oxygen atoms in total. The van der Waals surface area contributed by atoms with Crippen LogP contribution in [0.4, 0.5) is 0 Å². The summed E-state index contributed by atoms with van der Waals surface area (Å²) in [6.07, 6.45) is 0.250. The van der Waals surface area contributed by atoms with Crippen LogP contribution >= 0.6 is 22.9 Å². The SMILES string of the molecule is Cc1nc2sc([C@H](c3ccc(Cl)cc3)N3C[C@@H](C)O[C@@H](C)C3)c(O)n2n1. The Balaban J connectivity index is 1.82. The van der Waals surface area contributed by atoms with Crippen molar-refractivity contribution in [3.05, 3.63) is 45.6 Å². The Hall–Kier alpha value is -1.67. The highest BCUT2D eigenvalue weighted by Gasteiger charge is 2.34. The first-order valence-electron chi connectivity index (χ1n) is 8.62. The van der Waals surface area contributed by atoms with Crippen molar-refractivity contribution >= 4 is 27.9 Å². The smallest absolute Gasteiger partial charge is 0.230 e. The van der Waals surface area contributed by atoms with Crippen molar-refractivity contribution in [1.29, 1.82) is 0 Å². The number of rotatable bonds is 3. The summed E-state index contributed by atoms with van der Waals surface area (Å²) in [5.74, 6) is 0.798. The minimum absolute atomic E-state index is 0.102. The molecule has 3 heterocycles. The maximum atomic E-state index is 10.8. The van der Waals surface area contributed by atoms with Crippen LogP contribution in [0.1, 0.15) is 36.2 Å². The minimum Gasteiger partial charge on any atom is -0.492 e. The lowest BCUT2D eigenvalue weighted by Crippen LogP contribution is -2.47. The van der Waals surface area contributed by atoms with Crippen LogP contribution in [-0.2, 0) is 4.74 Å². The summed E-state index contributed by atoms with van der Waals surface area (Å²) < 4.78 is 7.41. The molecule has 26 heavy (non-hydrogen) atoms. The summed E-state index contributed by atoms with van der Waals surface area (Å²) in [6, 6.07) is 7.69. The van der Waals surface area contributed by atoms with E-state index < -0.39 is 0 Å². The molecule has 1 fully saturated rings. The van der Waals surface area contributed by atoms with E-state index in [9.17, 15) is 5.11 Å². The molecule has 0 aliphatic carbocycles. The standard InChI is InChI=1S/C18H21ClN4O2S/c1-10-8-22(9-11(2)25-10)15(13-4-6-14(19)7-5-13)16-17(24)23-18(26-16)20-12(3)21-23/h4-7,10-11,15,24H,8-9H2,1-3H3/t10-,11+,15-/m0/s1. The van der Waals surface area contributed by atoms with E-state index >= 15 is 0 Å². The predicted octanol–water partition coefficient (Wildman–Crippen LogP) is 3.66. The molecule has 8 heteroatoms. The number of morpholine rings is 1. The van der Waals surface area contributed by atoms with E-state index in [2.05, 4.69) is 28.8 Å². The predicted molar refractivity (Wildman–Crippen MR) is 102 cm³/mol. The van der Waals surface area contributed by atoms with Crippen molar-refractivity contribution < 1.29 is 9.84 Å². The van der Waals surface area contributed by atoms with Gasteiger partial charge in [-0.05, 0) is 38.5 Å². The van der Waals surface area contributed by atoms with Gasteiger partial charge in [-0.15, -0.1) is 5.10 Å². The average Bonchev–Trinajstić information content (AvgIpc) is 3.07. The first kappa shape index (κ1) is 17.7. The molecule has 4 rings (SSSR count). The Morgan fingerprint density at radius 3 is 2.50 bits per heavy atom. The van der Waals surface area contributed by atoms with Crippen molar-refractivity contribution in [1.82, 2.24) is 19.5 Å². The van der Waals surface area contributed by atoms with Gasteiger partial charge in [-0.2, -0.15) is 4.52 Å². The minimum atomic E-state index is -0.102. The zero-order valence-electron chi connectivity index (χ0n) is 14.9. The second-order valence-electron chi connectivity index (χ2n) is 6.81. The van der Waals surface area contributed by atoms with Crippen LogP contribution in [0, 0.1) is 6.92 Å². The molecule has 2 aromatic heterocycles. The zero-order chi connectivity index (χ0) is 18.4. The van der Waals surface area contributed by atoms with Crippen LogP contribution < -0.4 is 0 Å². The lowest BCUT2D eigenvalue weighted by molar-refractivity contribution is -0.0764. The third-order valence-electron chi connectivity index (χ3n) is 4.55. The molecule has 1 saturated heterocycles. The van der Waals surface area contributed by atoms with Crippen LogP contribution in [0.5, 0.6) is 5.88 Å². The largest absolute Gasteiger partial charge is 0.492 e. The molecule has 0 spiro atoms. The van der Waals surface area contributed by atoms with Gasteiger partial charge in [0, 0.05) is 18.1 Å². The number of halogens is 1. The van der Waals surface area contributed by atoms with Gasteiger partial charge in [0.25, 0.3) is 0 Å². The van der Waals surface area contributed by atoms with Gasteiger partial charge in [-0.1, -0.05) is 35.1 Å². The second kappa shape index (κ2) is 6.81. The first-order chi connectivity index (χ1) is 12.4. The second-order valence-corrected chi connectivity index (χ2v) is 8.25. The van der Waals surface area contributed by atoms with E-state index in [0.717, 1.165) is 23.5 Å². The van der Waals surface area contributed by atoms with Gasteiger partial charge in [-0.25, -0.2) is 4.98 Å². The maximum Gasteiger partial charge on any atom is 0.230 e. The molecule has 3 aromatic rings. The van der Waals surface area contributed by atoms with Crippen molar-refractivity contribution in [3.8, 4) is 5.88 Å². The van der Waals surface area contributed by atoms with E-state index in [-0.39, 0.29) is 24.1 Å². The van der Waals surface area contributed by atoms with Gasteiger partial charge in [0.2, 0.25) is 10.8 Å². The van der Waals surface area contributed by atoms with Gasteiger partial charge in [-0.3, -0.25) is 4.90 Å². The third kappa shape index (κ3) is 3.20. The van der Waals surface area contributed by atoms with Crippen LogP contribution in [-0.4, -0.2) is 49.9 Å². The van der Waals surface area contributed by atoms with Gasteiger partial charge in [0.05, 0.1) is 23.1 Å². The van der Waals surface area contributed by atoms with Crippen LogP contribution in [0.2, 0.25) is 5.02 Å². The molecule has 1 N–H and O–H groups in total. The topological polar surface area (TPSA) is 62.9 Å². The molecule has 0 unspecified atom stereocenters. The molecule has 138 valence electrons. The molecule has 0 saturated carbocycles. The Bertz CT molecular complexity index is 913. The Labute approximate surface area is 161 Å². The first-order valence-corrected chi connectivity index (χ1v) is 9.82. The quantitative estimate of drug-likeness (QED) is 0.737. The van der Waals surface area contributed by atoms with Crippen LogP contribution in [0.15, 0.2) is 24.3 Å². The lowest BCUT2D eigenvalue weighted by Gasteiger charge is -2.40. The van der Waals surface area contributed by atoms with Crippen molar-refractivity contribution in [2.24, 2.45) is 0 Å². The summed E-state index contributed by atoms with van der Waals surface area (Å²) in [6.45, 7) is 7.54. The van der Waals surface area contributed by atoms with Gasteiger partial charge >= 0.3 is 0 Å². The molecular formula is C18H21ClN4O2S. The molecule has 1 aliphatic rings. The van der Waals surface area contributed by atoms with Crippen LogP contribution in [0.3, 0.4) is 0 Å². The number of aryl methyl sites for hydroxylation is 1. The summed E-state index contributed by atoms with van der Waals surface area (Å²) >= 11 is 7.56. The van der Waals surface area contributed by atoms with E-state index in [1.165, 1.54) is 15.9 Å². The molecule has 1 aromatic carbocycles. The molecule has 0 radical (unpaired) electrons. The van der Waals surface area contributed by atoms with Crippen molar-refractivity contribution in [2.75, 3.05) is 13.1 Å². The number of hydrogen-bond acceptors (Lipinski definition) is 6. The Morgan fingerprint density at radius 2 is 1.88 bits per heavy atom. The average molecular weight is 393 g/mol. The number of benzene rings is 1. The normalized spacial score (nSPS) is 22.8. The Kier molecular flexibility index (Phi) is 4.64. The number of aromatic hydroxyl groups is 1. The fraction of sp³-hybridized carbons (Fsp3) is 0.444. The third-order valence-corrected chi connectivity index (χ3v) is 5.88. The molecular weight excluding hydrogens is 372 g/mol. The van der Waals surface area contributed by atoms with Crippen molar-refractivity contribution in [2.45, 2.75) is 39.0 Å². The summed E-state index contributed by atoms with van der Waals surface area (Å²) in [5.41, 5.74) is 1.08. The Morgan fingerprint density at radius 1 is 1.23 bits per heavy atom. The number of hydrogen-bond donors (Lipinski definition) is 1. The molecule has 0 bridgehead atoms. The van der Waals surface area contributed by atoms with Gasteiger partial charge in [0.1, 0.15) is 5.82 Å². The fourth-order valence-corrected chi connectivity index (χ4v) is 4.92. The highest BCUT2D eigenvalue weighted by atomic mass is 35.5. The van der Waals surface area contributed by atoms with E-state index in [4.69, 9.17) is 16.3 Å². The molecule has 1 aliphatic heterocycles. The van der Waals surface area contributed by atoms with Crippen LogP contribution in [0.25, 0.3) is 4.96 Å². The number of thiazole rings is 1.